The largest absolute Gasteiger partial charge is 0.508 e. The van der Waals surface area contributed by atoms with Crippen molar-refractivity contribution in [2.75, 3.05) is 0 Å². The second-order valence-corrected chi connectivity index (χ2v) is 11.3. The SMILES string of the molecule is CC(C)Sc1nnc(-c2c(C(C)(C)C)cc(O)cc2C(C)(C)C)s1. The zero-order chi connectivity index (χ0) is 18.3. The number of hydrogen-bond acceptors (Lipinski definition) is 5. The summed E-state index contributed by atoms with van der Waals surface area (Å²) in [5.41, 5.74) is 3.17. The van der Waals surface area contributed by atoms with Gasteiger partial charge in [-0.2, -0.15) is 0 Å². The van der Waals surface area contributed by atoms with Gasteiger partial charge in [-0.05, 0) is 34.1 Å². The van der Waals surface area contributed by atoms with Gasteiger partial charge in [-0.3, -0.25) is 0 Å². The zero-order valence-corrected chi connectivity index (χ0v) is 17.5. The van der Waals surface area contributed by atoms with Crippen LogP contribution in [0.4, 0.5) is 0 Å². The van der Waals surface area contributed by atoms with E-state index in [1.54, 1.807) is 23.1 Å². The molecule has 5 heteroatoms. The van der Waals surface area contributed by atoms with E-state index in [1.165, 1.54) is 0 Å². The predicted octanol–water partition coefficient (Wildman–Crippen LogP) is 6.01. The monoisotopic (exact) mass is 364 g/mol. The molecule has 0 bridgehead atoms. The Labute approximate surface area is 153 Å². The van der Waals surface area contributed by atoms with Gasteiger partial charge in [0.15, 0.2) is 4.34 Å². The van der Waals surface area contributed by atoms with Gasteiger partial charge in [-0.25, -0.2) is 0 Å². The summed E-state index contributed by atoms with van der Waals surface area (Å²) in [5, 5.41) is 20.6. The fourth-order valence-corrected chi connectivity index (χ4v) is 4.75. The Morgan fingerprint density at radius 1 is 0.958 bits per heavy atom. The number of rotatable bonds is 3. The molecule has 3 nitrogen and oxygen atoms in total. The maximum Gasteiger partial charge on any atom is 0.174 e. The van der Waals surface area contributed by atoms with Crippen LogP contribution in [0.1, 0.15) is 66.5 Å². The number of hydrogen-bond donors (Lipinski definition) is 1. The Hall–Kier alpha value is -1.07. The molecule has 0 atom stereocenters. The first-order valence-electron chi connectivity index (χ1n) is 8.28. The Morgan fingerprint density at radius 3 is 1.88 bits per heavy atom. The van der Waals surface area contributed by atoms with Gasteiger partial charge < -0.3 is 5.11 Å². The third kappa shape index (κ3) is 4.31. The maximum absolute atomic E-state index is 10.3. The van der Waals surface area contributed by atoms with Crippen LogP contribution in [0.25, 0.3) is 10.6 Å². The van der Waals surface area contributed by atoms with Crippen molar-refractivity contribution in [3.05, 3.63) is 23.3 Å². The molecule has 0 fully saturated rings. The normalized spacial score (nSPS) is 12.9. The highest BCUT2D eigenvalue weighted by molar-refractivity contribution is 8.01. The molecule has 0 saturated heterocycles. The van der Waals surface area contributed by atoms with Crippen molar-refractivity contribution in [1.29, 1.82) is 0 Å². The van der Waals surface area contributed by atoms with E-state index in [0.29, 0.717) is 11.0 Å². The van der Waals surface area contributed by atoms with Crippen molar-refractivity contribution in [3.63, 3.8) is 0 Å². The van der Waals surface area contributed by atoms with Crippen molar-refractivity contribution in [1.82, 2.24) is 10.2 Å². The van der Waals surface area contributed by atoms with Crippen LogP contribution in [0.3, 0.4) is 0 Å². The molecular formula is C19H28N2OS2. The quantitative estimate of drug-likeness (QED) is 0.678. The molecule has 1 N–H and O–H groups in total. The number of thioether (sulfide) groups is 1. The van der Waals surface area contributed by atoms with Gasteiger partial charge in [0.05, 0.1) is 0 Å². The van der Waals surface area contributed by atoms with E-state index >= 15 is 0 Å². The number of phenols is 1. The van der Waals surface area contributed by atoms with E-state index in [9.17, 15) is 5.11 Å². The number of aromatic hydroxyl groups is 1. The Kier molecular flexibility index (Phi) is 5.36. The minimum absolute atomic E-state index is 0.0922. The molecule has 0 saturated carbocycles. The second-order valence-electron chi connectivity index (χ2n) is 8.46. The van der Waals surface area contributed by atoms with Crippen LogP contribution < -0.4 is 0 Å². The summed E-state index contributed by atoms with van der Waals surface area (Å²) in [5.74, 6) is 0.315. The van der Waals surface area contributed by atoms with E-state index in [-0.39, 0.29) is 10.8 Å². The first-order chi connectivity index (χ1) is 10.9. The van der Waals surface area contributed by atoms with Crippen molar-refractivity contribution >= 4 is 23.1 Å². The lowest BCUT2D eigenvalue weighted by atomic mass is 9.76. The van der Waals surface area contributed by atoms with E-state index < -0.39 is 0 Å². The molecule has 1 aromatic carbocycles. The van der Waals surface area contributed by atoms with Crippen LogP contribution in [-0.4, -0.2) is 20.6 Å². The molecule has 0 aliphatic carbocycles. The van der Waals surface area contributed by atoms with Crippen LogP contribution in [0.5, 0.6) is 5.75 Å². The lowest BCUT2D eigenvalue weighted by Crippen LogP contribution is -2.19. The van der Waals surface area contributed by atoms with Crippen LogP contribution in [-0.2, 0) is 10.8 Å². The maximum atomic E-state index is 10.3. The average Bonchev–Trinajstić information content (AvgIpc) is 2.83. The third-order valence-electron chi connectivity index (χ3n) is 3.70. The molecule has 1 heterocycles. The molecule has 2 rings (SSSR count). The van der Waals surface area contributed by atoms with Crippen LogP contribution in [0.2, 0.25) is 0 Å². The van der Waals surface area contributed by atoms with E-state index in [0.717, 1.165) is 26.0 Å². The van der Waals surface area contributed by atoms with Crippen molar-refractivity contribution in [2.24, 2.45) is 0 Å². The lowest BCUT2D eigenvalue weighted by Gasteiger charge is -2.29. The van der Waals surface area contributed by atoms with Gasteiger partial charge in [0, 0.05) is 10.8 Å². The Balaban J connectivity index is 2.72. The van der Waals surface area contributed by atoms with Crippen LogP contribution >= 0.6 is 23.1 Å². The highest BCUT2D eigenvalue weighted by Gasteiger charge is 2.29. The van der Waals surface area contributed by atoms with Gasteiger partial charge in [0.1, 0.15) is 10.8 Å². The number of benzene rings is 1. The van der Waals surface area contributed by atoms with Gasteiger partial charge in [0.25, 0.3) is 0 Å². The van der Waals surface area contributed by atoms with E-state index in [4.69, 9.17) is 0 Å². The smallest absolute Gasteiger partial charge is 0.174 e. The molecule has 0 radical (unpaired) electrons. The van der Waals surface area contributed by atoms with Gasteiger partial charge in [-0.15, -0.1) is 10.2 Å². The first-order valence-corrected chi connectivity index (χ1v) is 9.97. The van der Waals surface area contributed by atoms with Crippen LogP contribution in [0, 0.1) is 0 Å². The molecule has 132 valence electrons. The van der Waals surface area contributed by atoms with Crippen molar-refractivity contribution in [2.45, 2.75) is 75.8 Å². The predicted molar refractivity (Wildman–Crippen MR) is 105 cm³/mol. The highest BCUT2D eigenvalue weighted by atomic mass is 32.2. The van der Waals surface area contributed by atoms with E-state index in [1.807, 2.05) is 12.1 Å². The molecule has 2 aromatic rings. The molecule has 0 aliphatic rings. The fourth-order valence-electron chi connectivity index (χ4n) is 2.60. The minimum atomic E-state index is -0.0922. The summed E-state index contributed by atoms with van der Waals surface area (Å²) >= 11 is 3.38. The molecule has 0 spiro atoms. The summed E-state index contributed by atoms with van der Waals surface area (Å²) in [6.45, 7) is 17.3. The minimum Gasteiger partial charge on any atom is -0.508 e. The Morgan fingerprint density at radius 2 is 1.46 bits per heavy atom. The third-order valence-corrected chi connectivity index (χ3v) is 5.72. The summed E-state index contributed by atoms with van der Waals surface area (Å²) in [7, 11) is 0. The van der Waals surface area contributed by atoms with Gasteiger partial charge >= 0.3 is 0 Å². The average molecular weight is 365 g/mol. The molecular weight excluding hydrogens is 336 g/mol. The standard InChI is InChI=1S/C19H28N2OS2/c1-11(2)23-17-21-20-16(24-17)15-13(18(3,4)5)9-12(22)10-14(15)19(6,7)8/h9-11,22H,1-8H3. The zero-order valence-electron chi connectivity index (χ0n) is 15.9. The van der Waals surface area contributed by atoms with Crippen molar-refractivity contribution in [3.8, 4) is 16.3 Å². The van der Waals surface area contributed by atoms with Gasteiger partial charge in [-0.1, -0.05) is 78.5 Å². The molecule has 0 amide bonds. The second kappa shape index (κ2) is 6.68. The van der Waals surface area contributed by atoms with E-state index in [2.05, 4.69) is 65.6 Å². The van der Waals surface area contributed by atoms with Crippen LogP contribution in [0.15, 0.2) is 16.5 Å². The first kappa shape index (κ1) is 19.3. The van der Waals surface area contributed by atoms with Gasteiger partial charge in [0.2, 0.25) is 0 Å². The lowest BCUT2D eigenvalue weighted by molar-refractivity contribution is 0.466. The number of nitrogens with zero attached hydrogens (tertiary/aromatic N) is 2. The molecule has 1 aromatic heterocycles. The Bertz CT molecular complexity index is 687. The summed E-state index contributed by atoms with van der Waals surface area (Å²) < 4.78 is 0.993. The summed E-state index contributed by atoms with van der Waals surface area (Å²) in [4.78, 5) is 0. The molecule has 24 heavy (non-hydrogen) atoms. The fraction of sp³-hybridized carbons (Fsp3) is 0.579. The molecule has 0 unspecified atom stereocenters. The summed E-state index contributed by atoms with van der Waals surface area (Å²) in [6, 6.07) is 3.75. The topological polar surface area (TPSA) is 46.0 Å². The number of aromatic nitrogens is 2. The number of phenolic OH excluding ortho intramolecular Hbond substituents is 1. The molecule has 0 aliphatic heterocycles. The highest BCUT2D eigenvalue weighted by Crippen LogP contribution is 2.44. The summed E-state index contributed by atoms with van der Waals surface area (Å²) in [6.07, 6.45) is 0. The van der Waals surface area contributed by atoms with Crippen molar-refractivity contribution < 1.29 is 5.11 Å².